The lowest BCUT2D eigenvalue weighted by Crippen LogP contribution is -2.23. The summed E-state index contributed by atoms with van der Waals surface area (Å²) in [6, 6.07) is 6.13. The third-order valence-corrected chi connectivity index (χ3v) is 5.58. The number of hydrogen-bond donors (Lipinski definition) is 2. The highest BCUT2D eigenvalue weighted by molar-refractivity contribution is 7.99. The van der Waals surface area contributed by atoms with Gasteiger partial charge in [0, 0.05) is 9.79 Å². The zero-order valence-electron chi connectivity index (χ0n) is 12.5. The zero-order chi connectivity index (χ0) is 18.4. The average molecular weight is 406 g/mol. The number of nitrogens with one attached hydrogen (secondary N) is 1. The molecule has 2 N–H and O–H groups in total. The predicted octanol–water partition coefficient (Wildman–Crippen LogP) is 5.04. The molecule has 132 valence electrons. The first kappa shape index (κ1) is 18.2. The molecule has 1 aromatic carbocycles. The maximum atomic E-state index is 13.4. The van der Waals surface area contributed by atoms with E-state index < -0.39 is 28.2 Å². The minimum absolute atomic E-state index is 0.137. The Balaban J connectivity index is 2.16. The molecule has 0 saturated heterocycles. The largest absolute Gasteiger partial charge is 0.477 e. The van der Waals surface area contributed by atoms with Crippen LogP contribution >= 0.6 is 35.0 Å². The first-order chi connectivity index (χ1) is 11.7. The molecule has 1 aliphatic rings. The Morgan fingerprint density at radius 2 is 2.04 bits per heavy atom. The first-order valence-electron chi connectivity index (χ1n) is 7.22. The summed E-state index contributed by atoms with van der Waals surface area (Å²) < 4.78 is 26.8. The lowest BCUT2D eigenvalue weighted by Gasteiger charge is -2.14. The SMILES string of the molecule is O=C(O)c1c(Sc2c(Cl)cccc2C2CC2)cc(C(F)(F)Cl)[nH]c1=O. The fraction of sp³-hybridized carbons (Fsp3) is 0.250. The number of alkyl halides is 3. The summed E-state index contributed by atoms with van der Waals surface area (Å²) in [6.45, 7) is 0. The molecule has 1 aliphatic carbocycles. The molecular weight excluding hydrogens is 395 g/mol. The van der Waals surface area contributed by atoms with Crippen LogP contribution in [0.15, 0.2) is 38.9 Å². The highest BCUT2D eigenvalue weighted by Crippen LogP contribution is 2.48. The van der Waals surface area contributed by atoms with Gasteiger partial charge >= 0.3 is 11.4 Å². The normalized spacial score (nSPS) is 14.6. The molecular formula is C16H11Cl2F2NO3S. The van der Waals surface area contributed by atoms with E-state index in [9.17, 15) is 23.5 Å². The second-order valence-electron chi connectivity index (χ2n) is 5.59. The van der Waals surface area contributed by atoms with Crippen LogP contribution in [0.4, 0.5) is 8.78 Å². The lowest BCUT2D eigenvalue weighted by molar-refractivity contribution is 0.0686. The van der Waals surface area contributed by atoms with Gasteiger partial charge in [0.2, 0.25) is 0 Å². The lowest BCUT2D eigenvalue weighted by atomic mass is 10.1. The molecule has 9 heteroatoms. The Morgan fingerprint density at radius 1 is 1.36 bits per heavy atom. The van der Waals surface area contributed by atoms with Crippen molar-refractivity contribution in [3.8, 4) is 0 Å². The number of hydrogen-bond acceptors (Lipinski definition) is 3. The molecule has 2 aromatic rings. The molecule has 1 fully saturated rings. The van der Waals surface area contributed by atoms with Gasteiger partial charge in [-0.15, -0.1) is 0 Å². The molecule has 0 aliphatic heterocycles. The van der Waals surface area contributed by atoms with Gasteiger partial charge in [-0.05, 0) is 48.1 Å². The maximum Gasteiger partial charge on any atom is 0.362 e. The van der Waals surface area contributed by atoms with Gasteiger partial charge in [0.05, 0.1) is 5.02 Å². The molecule has 4 nitrogen and oxygen atoms in total. The summed E-state index contributed by atoms with van der Waals surface area (Å²) in [7, 11) is 0. The predicted molar refractivity (Wildman–Crippen MR) is 91.3 cm³/mol. The van der Waals surface area contributed by atoms with Gasteiger partial charge in [-0.1, -0.05) is 35.5 Å². The van der Waals surface area contributed by atoms with Gasteiger partial charge in [0.1, 0.15) is 11.3 Å². The molecule has 1 saturated carbocycles. The van der Waals surface area contributed by atoms with Gasteiger partial charge in [0.15, 0.2) is 0 Å². The van der Waals surface area contributed by atoms with Crippen molar-refractivity contribution >= 4 is 40.9 Å². The molecule has 25 heavy (non-hydrogen) atoms. The second kappa shape index (κ2) is 6.63. The quantitative estimate of drug-likeness (QED) is 0.683. The number of rotatable bonds is 5. The van der Waals surface area contributed by atoms with Crippen LogP contribution in [0.5, 0.6) is 0 Å². The Bertz CT molecular complexity index is 907. The van der Waals surface area contributed by atoms with E-state index in [-0.39, 0.29) is 4.90 Å². The number of H-pyrrole nitrogens is 1. The van der Waals surface area contributed by atoms with Gasteiger partial charge in [0.25, 0.3) is 5.56 Å². The van der Waals surface area contributed by atoms with Crippen LogP contribution < -0.4 is 5.56 Å². The topological polar surface area (TPSA) is 70.2 Å². The number of halogens is 4. The number of aromatic nitrogens is 1. The van der Waals surface area contributed by atoms with Crippen molar-refractivity contribution in [3.63, 3.8) is 0 Å². The zero-order valence-corrected chi connectivity index (χ0v) is 14.8. The first-order valence-corrected chi connectivity index (χ1v) is 8.79. The molecule has 0 bridgehead atoms. The molecule has 0 spiro atoms. The van der Waals surface area contributed by atoms with Crippen LogP contribution in [0, 0.1) is 0 Å². The van der Waals surface area contributed by atoms with E-state index in [1.807, 2.05) is 11.1 Å². The number of carboxylic acid groups (broad SMARTS) is 1. The van der Waals surface area contributed by atoms with Crippen molar-refractivity contribution in [2.45, 2.75) is 33.9 Å². The van der Waals surface area contributed by atoms with Gasteiger partial charge in [-0.3, -0.25) is 4.79 Å². The highest BCUT2D eigenvalue weighted by atomic mass is 35.5. The number of carbonyl (C=O) groups is 1. The van der Waals surface area contributed by atoms with Crippen molar-refractivity contribution in [1.29, 1.82) is 0 Å². The minimum atomic E-state index is -3.83. The minimum Gasteiger partial charge on any atom is -0.477 e. The van der Waals surface area contributed by atoms with E-state index in [2.05, 4.69) is 0 Å². The Hall–Kier alpha value is -1.57. The van der Waals surface area contributed by atoms with Crippen molar-refractivity contribution < 1.29 is 18.7 Å². The molecule has 1 heterocycles. The summed E-state index contributed by atoms with van der Waals surface area (Å²) in [5.41, 5.74) is -1.73. The van der Waals surface area contributed by atoms with Gasteiger partial charge in [-0.2, -0.15) is 8.78 Å². The summed E-state index contributed by atoms with van der Waals surface area (Å²) in [5.74, 6) is -1.22. The Labute approximate surface area is 155 Å². The average Bonchev–Trinajstić information content (AvgIpc) is 3.32. The van der Waals surface area contributed by atoms with E-state index in [4.69, 9.17) is 23.2 Å². The van der Waals surface area contributed by atoms with Crippen LogP contribution in [0.25, 0.3) is 0 Å². The Kier molecular flexibility index (Phi) is 4.83. The maximum absolute atomic E-state index is 13.4. The van der Waals surface area contributed by atoms with Crippen LogP contribution in [0.2, 0.25) is 5.02 Å². The van der Waals surface area contributed by atoms with Crippen LogP contribution in [0.3, 0.4) is 0 Å². The van der Waals surface area contributed by atoms with Crippen LogP contribution in [-0.2, 0) is 5.38 Å². The fourth-order valence-electron chi connectivity index (χ4n) is 2.43. The van der Waals surface area contributed by atoms with Gasteiger partial charge < -0.3 is 10.1 Å². The monoisotopic (exact) mass is 405 g/mol. The number of carboxylic acids is 1. The molecule has 1 aromatic heterocycles. The van der Waals surface area contributed by atoms with Crippen LogP contribution in [0.1, 0.15) is 40.4 Å². The second-order valence-corrected chi connectivity index (χ2v) is 7.52. The Morgan fingerprint density at radius 3 is 2.60 bits per heavy atom. The summed E-state index contributed by atoms with van der Waals surface area (Å²) >= 11 is 12.1. The summed E-state index contributed by atoms with van der Waals surface area (Å²) in [4.78, 5) is 25.6. The number of aromatic amines is 1. The van der Waals surface area contributed by atoms with Gasteiger partial charge in [-0.25, -0.2) is 4.79 Å². The summed E-state index contributed by atoms with van der Waals surface area (Å²) in [5, 5.41) is 5.83. The molecule has 0 radical (unpaired) electrons. The number of pyridine rings is 1. The van der Waals surface area contributed by atoms with Crippen molar-refractivity contribution in [2.24, 2.45) is 0 Å². The van der Waals surface area contributed by atoms with E-state index in [1.54, 1.807) is 12.1 Å². The fourth-order valence-corrected chi connectivity index (χ4v) is 4.03. The van der Waals surface area contributed by atoms with Crippen molar-refractivity contribution in [1.82, 2.24) is 4.98 Å². The summed E-state index contributed by atoms with van der Waals surface area (Å²) in [6.07, 6.45) is 1.94. The molecule has 0 unspecified atom stereocenters. The third kappa shape index (κ3) is 3.83. The van der Waals surface area contributed by atoms with E-state index in [0.29, 0.717) is 15.8 Å². The third-order valence-electron chi connectivity index (χ3n) is 3.74. The number of benzene rings is 1. The highest BCUT2D eigenvalue weighted by Gasteiger charge is 2.33. The van der Waals surface area contributed by atoms with Crippen LogP contribution in [-0.4, -0.2) is 16.1 Å². The molecule has 0 atom stereocenters. The van der Waals surface area contributed by atoms with E-state index in [1.165, 1.54) is 0 Å². The molecule has 3 rings (SSSR count). The van der Waals surface area contributed by atoms with E-state index >= 15 is 0 Å². The van der Waals surface area contributed by atoms with E-state index in [0.717, 1.165) is 36.2 Å². The smallest absolute Gasteiger partial charge is 0.362 e. The van der Waals surface area contributed by atoms with Crippen molar-refractivity contribution in [2.75, 3.05) is 0 Å². The van der Waals surface area contributed by atoms with Crippen molar-refractivity contribution in [3.05, 3.63) is 56.5 Å². The standard InChI is InChI=1S/C16H11Cl2F2NO3S/c17-9-3-1-2-8(7-4-5-7)13(9)25-10-6-11(16(18,19)20)21-14(22)12(10)15(23)24/h1-3,6-7H,4-5H2,(H,21,22)(H,23,24). The number of aromatic carboxylic acids is 1. The molecule has 0 amide bonds.